The molecule has 3 nitrogen and oxygen atoms in total. The SMILES string of the molecule is CC(=O)N[C@H](CC(=O)c1ccccc1)c1ccc(C)cc1. The summed E-state index contributed by atoms with van der Waals surface area (Å²) in [5.74, 6) is -0.114. The Balaban J connectivity index is 2.18. The van der Waals surface area contributed by atoms with Crippen LogP contribution in [0.5, 0.6) is 0 Å². The summed E-state index contributed by atoms with van der Waals surface area (Å²) in [7, 11) is 0. The van der Waals surface area contributed by atoms with Crippen LogP contribution < -0.4 is 5.32 Å². The van der Waals surface area contributed by atoms with Gasteiger partial charge in [0.2, 0.25) is 5.91 Å². The third-order valence-corrected chi connectivity index (χ3v) is 3.34. The van der Waals surface area contributed by atoms with Crippen molar-refractivity contribution in [1.82, 2.24) is 5.32 Å². The number of benzene rings is 2. The number of rotatable bonds is 5. The first-order chi connectivity index (χ1) is 10.1. The van der Waals surface area contributed by atoms with Crippen LogP contribution >= 0.6 is 0 Å². The van der Waals surface area contributed by atoms with Gasteiger partial charge in [0.05, 0.1) is 6.04 Å². The van der Waals surface area contributed by atoms with Crippen molar-refractivity contribution in [3.63, 3.8) is 0 Å². The summed E-state index contributed by atoms with van der Waals surface area (Å²) in [4.78, 5) is 23.7. The van der Waals surface area contributed by atoms with Crippen molar-refractivity contribution in [2.75, 3.05) is 0 Å². The molecule has 0 aliphatic heterocycles. The third-order valence-electron chi connectivity index (χ3n) is 3.34. The van der Waals surface area contributed by atoms with E-state index in [1.165, 1.54) is 6.92 Å². The molecule has 0 saturated carbocycles. The summed E-state index contributed by atoms with van der Waals surface area (Å²) in [5, 5.41) is 2.86. The highest BCUT2D eigenvalue weighted by Gasteiger charge is 2.17. The van der Waals surface area contributed by atoms with Crippen LogP contribution in [0.2, 0.25) is 0 Å². The fourth-order valence-electron chi connectivity index (χ4n) is 2.22. The van der Waals surface area contributed by atoms with Crippen LogP contribution in [0.15, 0.2) is 54.6 Å². The summed E-state index contributed by atoms with van der Waals surface area (Å²) in [6.07, 6.45) is 0.257. The second-order valence-corrected chi connectivity index (χ2v) is 5.16. The van der Waals surface area contributed by atoms with Gasteiger partial charge in [0.25, 0.3) is 0 Å². The minimum Gasteiger partial charge on any atom is -0.349 e. The Labute approximate surface area is 125 Å². The Bertz CT molecular complexity index is 617. The lowest BCUT2D eigenvalue weighted by Crippen LogP contribution is -2.28. The Hall–Kier alpha value is -2.42. The number of nitrogens with one attached hydrogen (secondary N) is 1. The van der Waals surface area contributed by atoms with Crippen LogP contribution in [0.3, 0.4) is 0 Å². The number of amides is 1. The lowest BCUT2D eigenvalue weighted by Gasteiger charge is -2.18. The molecule has 0 aliphatic rings. The average Bonchev–Trinajstić information content (AvgIpc) is 2.48. The molecule has 1 atom stereocenters. The lowest BCUT2D eigenvalue weighted by atomic mass is 9.97. The summed E-state index contributed by atoms with van der Waals surface area (Å²) in [5.41, 5.74) is 2.76. The Morgan fingerprint density at radius 2 is 1.62 bits per heavy atom. The van der Waals surface area contributed by atoms with Crippen molar-refractivity contribution in [2.24, 2.45) is 0 Å². The molecule has 0 aromatic heterocycles. The van der Waals surface area contributed by atoms with Crippen molar-refractivity contribution in [3.8, 4) is 0 Å². The smallest absolute Gasteiger partial charge is 0.217 e. The van der Waals surface area contributed by atoms with Crippen molar-refractivity contribution >= 4 is 11.7 Å². The number of hydrogen-bond donors (Lipinski definition) is 1. The van der Waals surface area contributed by atoms with Crippen LogP contribution in [-0.2, 0) is 4.79 Å². The van der Waals surface area contributed by atoms with Gasteiger partial charge in [-0.1, -0.05) is 60.2 Å². The maximum atomic E-state index is 12.3. The van der Waals surface area contributed by atoms with Gasteiger partial charge < -0.3 is 5.32 Å². The van der Waals surface area contributed by atoms with E-state index in [9.17, 15) is 9.59 Å². The van der Waals surface area contributed by atoms with Gasteiger partial charge >= 0.3 is 0 Å². The quantitative estimate of drug-likeness (QED) is 0.853. The molecule has 0 aliphatic carbocycles. The van der Waals surface area contributed by atoms with Crippen LogP contribution in [0.1, 0.15) is 40.9 Å². The minimum absolute atomic E-state index is 0.0231. The molecule has 0 fully saturated rings. The van der Waals surface area contributed by atoms with E-state index < -0.39 is 0 Å². The summed E-state index contributed by atoms with van der Waals surface area (Å²) in [6, 6.07) is 16.7. The number of carbonyl (C=O) groups is 2. The molecular formula is C18H19NO2. The highest BCUT2D eigenvalue weighted by molar-refractivity contribution is 5.96. The molecule has 21 heavy (non-hydrogen) atoms. The molecule has 1 N–H and O–H groups in total. The van der Waals surface area contributed by atoms with Gasteiger partial charge in [-0.2, -0.15) is 0 Å². The molecule has 3 heteroatoms. The summed E-state index contributed by atoms with van der Waals surface area (Å²) in [6.45, 7) is 3.47. The van der Waals surface area contributed by atoms with Gasteiger partial charge in [0.1, 0.15) is 0 Å². The Kier molecular flexibility index (Phi) is 4.88. The molecule has 0 saturated heterocycles. The van der Waals surface area contributed by atoms with E-state index >= 15 is 0 Å². The van der Waals surface area contributed by atoms with Crippen LogP contribution in [0.4, 0.5) is 0 Å². The maximum Gasteiger partial charge on any atom is 0.217 e. The molecule has 1 amide bonds. The van der Waals surface area contributed by atoms with Gasteiger partial charge in [0.15, 0.2) is 5.78 Å². The highest BCUT2D eigenvalue weighted by atomic mass is 16.1. The molecule has 0 spiro atoms. The Morgan fingerprint density at radius 1 is 1.00 bits per heavy atom. The fourth-order valence-corrected chi connectivity index (χ4v) is 2.22. The largest absolute Gasteiger partial charge is 0.349 e. The normalized spacial score (nSPS) is 11.7. The molecule has 2 aromatic carbocycles. The van der Waals surface area contributed by atoms with Gasteiger partial charge in [-0.25, -0.2) is 0 Å². The van der Waals surface area contributed by atoms with E-state index in [4.69, 9.17) is 0 Å². The van der Waals surface area contributed by atoms with Crippen LogP contribution in [0.25, 0.3) is 0 Å². The zero-order valence-electron chi connectivity index (χ0n) is 12.3. The van der Waals surface area contributed by atoms with Crippen LogP contribution in [0, 0.1) is 6.92 Å². The number of aryl methyl sites for hydroxylation is 1. The second-order valence-electron chi connectivity index (χ2n) is 5.16. The zero-order valence-corrected chi connectivity index (χ0v) is 12.3. The molecule has 0 heterocycles. The number of carbonyl (C=O) groups excluding carboxylic acids is 2. The minimum atomic E-state index is -0.296. The van der Waals surface area contributed by atoms with Crippen molar-refractivity contribution in [1.29, 1.82) is 0 Å². The van der Waals surface area contributed by atoms with Gasteiger partial charge in [0, 0.05) is 18.9 Å². The van der Waals surface area contributed by atoms with E-state index in [-0.39, 0.29) is 24.2 Å². The number of Topliss-reactive ketones (excluding diaryl/α,β-unsaturated/α-hetero) is 1. The van der Waals surface area contributed by atoms with E-state index in [0.29, 0.717) is 5.56 Å². The lowest BCUT2D eigenvalue weighted by molar-refractivity contribution is -0.119. The summed E-state index contributed by atoms with van der Waals surface area (Å²) >= 11 is 0. The van der Waals surface area contributed by atoms with Crippen molar-refractivity contribution in [3.05, 3.63) is 71.3 Å². The van der Waals surface area contributed by atoms with E-state index in [1.807, 2.05) is 49.4 Å². The standard InChI is InChI=1S/C18H19NO2/c1-13-8-10-15(11-9-13)17(19-14(2)20)12-18(21)16-6-4-3-5-7-16/h3-11,17H,12H2,1-2H3,(H,19,20)/t17-/m1/s1. The van der Waals surface area contributed by atoms with Crippen LogP contribution in [-0.4, -0.2) is 11.7 Å². The maximum absolute atomic E-state index is 12.3. The molecule has 0 unspecified atom stereocenters. The summed E-state index contributed by atoms with van der Waals surface area (Å²) < 4.78 is 0. The molecule has 108 valence electrons. The predicted octanol–water partition coefficient (Wildman–Crippen LogP) is 3.45. The third kappa shape index (κ3) is 4.28. The number of hydrogen-bond acceptors (Lipinski definition) is 2. The monoisotopic (exact) mass is 281 g/mol. The van der Waals surface area contributed by atoms with Crippen molar-refractivity contribution < 1.29 is 9.59 Å². The fraction of sp³-hybridized carbons (Fsp3) is 0.222. The van der Waals surface area contributed by atoms with Gasteiger partial charge in [-0.05, 0) is 12.5 Å². The van der Waals surface area contributed by atoms with Crippen molar-refractivity contribution in [2.45, 2.75) is 26.3 Å². The molecule has 0 bridgehead atoms. The van der Waals surface area contributed by atoms with Gasteiger partial charge in [-0.3, -0.25) is 9.59 Å². The predicted molar refractivity (Wildman–Crippen MR) is 83.1 cm³/mol. The first kappa shape index (κ1) is 15.0. The van der Waals surface area contributed by atoms with E-state index in [2.05, 4.69) is 5.32 Å². The highest BCUT2D eigenvalue weighted by Crippen LogP contribution is 2.20. The zero-order chi connectivity index (χ0) is 15.2. The van der Waals surface area contributed by atoms with E-state index in [1.54, 1.807) is 12.1 Å². The first-order valence-electron chi connectivity index (χ1n) is 6.98. The van der Waals surface area contributed by atoms with E-state index in [0.717, 1.165) is 11.1 Å². The average molecular weight is 281 g/mol. The van der Waals surface area contributed by atoms with Gasteiger partial charge in [-0.15, -0.1) is 0 Å². The Morgan fingerprint density at radius 3 is 2.19 bits per heavy atom. The molecule has 2 aromatic rings. The molecular weight excluding hydrogens is 262 g/mol. The first-order valence-corrected chi connectivity index (χ1v) is 6.98. The topological polar surface area (TPSA) is 46.2 Å². The number of ketones is 1. The second kappa shape index (κ2) is 6.84. The molecule has 2 rings (SSSR count). The molecule has 0 radical (unpaired) electrons.